The van der Waals surface area contributed by atoms with Gasteiger partial charge in [0.25, 0.3) is 0 Å². The Hall–Kier alpha value is -1.27. The Morgan fingerprint density at radius 1 is 1.24 bits per heavy atom. The number of para-hydroxylation sites is 1. The predicted molar refractivity (Wildman–Crippen MR) is 109 cm³/mol. The van der Waals surface area contributed by atoms with Crippen LogP contribution >= 0.6 is 15.9 Å². The predicted octanol–water partition coefficient (Wildman–Crippen LogP) is 2.53. The highest BCUT2D eigenvalue weighted by Gasteiger charge is 2.25. The second-order valence-corrected chi connectivity index (χ2v) is 8.02. The molecule has 0 radical (unpaired) electrons. The van der Waals surface area contributed by atoms with Crippen molar-refractivity contribution >= 4 is 27.6 Å². The summed E-state index contributed by atoms with van der Waals surface area (Å²) in [6.45, 7) is 8.40. The lowest BCUT2D eigenvalue weighted by Gasteiger charge is -2.21. The van der Waals surface area contributed by atoms with Crippen LogP contribution in [0.1, 0.15) is 19.8 Å². The minimum absolute atomic E-state index is 0.441. The van der Waals surface area contributed by atoms with Gasteiger partial charge in [-0.2, -0.15) is 0 Å². The quantitative estimate of drug-likeness (QED) is 0.581. The molecule has 0 bridgehead atoms. The van der Waals surface area contributed by atoms with Crippen molar-refractivity contribution < 1.29 is 0 Å². The van der Waals surface area contributed by atoms with Crippen molar-refractivity contribution in [2.75, 3.05) is 51.2 Å². The van der Waals surface area contributed by atoms with E-state index < -0.39 is 0 Å². The topological polar surface area (TPSA) is 42.9 Å². The minimum atomic E-state index is 0.441. The van der Waals surface area contributed by atoms with Gasteiger partial charge < -0.3 is 20.4 Å². The first-order valence-corrected chi connectivity index (χ1v) is 10.2. The van der Waals surface area contributed by atoms with Crippen molar-refractivity contribution in [3.63, 3.8) is 0 Å². The number of benzene rings is 1. The first-order valence-electron chi connectivity index (χ1n) is 9.38. The Morgan fingerprint density at radius 3 is 2.80 bits per heavy atom. The maximum Gasteiger partial charge on any atom is 0.191 e. The molecule has 2 atom stereocenters. The molecule has 0 aliphatic carbocycles. The molecule has 1 aromatic rings. The summed E-state index contributed by atoms with van der Waals surface area (Å²) in [6.07, 6.45) is 2.40. The first kappa shape index (κ1) is 18.5. The number of hydrogen-bond acceptors (Lipinski definition) is 3. The van der Waals surface area contributed by atoms with Crippen molar-refractivity contribution in [3.05, 3.63) is 28.7 Å². The smallest absolute Gasteiger partial charge is 0.191 e. The van der Waals surface area contributed by atoms with Gasteiger partial charge in [-0.25, -0.2) is 0 Å². The lowest BCUT2D eigenvalue weighted by molar-refractivity contribution is 0.397. The third-order valence-corrected chi connectivity index (χ3v) is 5.73. The molecule has 0 spiro atoms. The fraction of sp³-hybridized carbons (Fsp3) is 0.632. The number of aliphatic imine (C=N–C) groups is 1. The van der Waals surface area contributed by atoms with Crippen LogP contribution in [0.3, 0.4) is 0 Å². The van der Waals surface area contributed by atoms with Gasteiger partial charge in [0.1, 0.15) is 0 Å². The van der Waals surface area contributed by atoms with Crippen molar-refractivity contribution in [2.45, 2.75) is 25.8 Å². The average molecular weight is 408 g/mol. The summed E-state index contributed by atoms with van der Waals surface area (Å²) in [5.74, 6) is 1.66. The Morgan fingerprint density at radius 2 is 2.08 bits per heavy atom. The zero-order chi connectivity index (χ0) is 17.6. The van der Waals surface area contributed by atoms with Gasteiger partial charge in [0.15, 0.2) is 5.96 Å². The van der Waals surface area contributed by atoms with Crippen LogP contribution in [0.2, 0.25) is 0 Å². The van der Waals surface area contributed by atoms with E-state index in [1.807, 2.05) is 0 Å². The summed E-state index contributed by atoms with van der Waals surface area (Å²) in [5, 5.41) is 7.05. The molecule has 2 aliphatic heterocycles. The maximum absolute atomic E-state index is 4.85. The molecule has 5 nitrogen and oxygen atoms in total. The van der Waals surface area contributed by atoms with E-state index in [2.05, 4.69) is 74.6 Å². The molecular weight excluding hydrogens is 378 g/mol. The first-order chi connectivity index (χ1) is 12.2. The highest BCUT2D eigenvalue weighted by molar-refractivity contribution is 9.10. The monoisotopic (exact) mass is 407 g/mol. The third kappa shape index (κ3) is 5.11. The van der Waals surface area contributed by atoms with E-state index in [9.17, 15) is 0 Å². The highest BCUT2D eigenvalue weighted by atomic mass is 79.9. The zero-order valence-corrected chi connectivity index (χ0v) is 16.9. The lowest BCUT2D eigenvalue weighted by Crippen LogP contribution is -2.45. The number of anilines is 1. The van der Waals surface area contributed by atoms with Crippen molar-refractivity contribution in [3.8, 4) is 0 Å². The number of rotatable bonds is 5. The Balaban J connectivity index is 1.55. The molecule has 0 aromatic heterocycles. The van der Waals surface area contributed by atoms with Gasteiger partial charge in [-0.05, 0) is 67.3 Å². The lowest BCUT2D eigenvalue weighted by atomic mass is 10.1. The van der Waals surface area contributed by atoms with Crippen LogP contribution < -0.4 is 15.5 Å². The van der Waals surface area contributed by atoms with Crippen LogP contribution in [0, 0.1) is 5.92 Å². The largest absolute Gasteiger partial charge is 0.368 e. The normalized spacial score (nSPS) is 24.8. The fourth-order valence-electron chi connectivity index (χ4n) is 3.71. The minimum Gasteiger partial charge on any atom is -0.368 e. The van der Waals surface area contributed by atoms with Gasteiger partial charge in [-0.15, -0.1) is 0 Å². The summed E-state index contributed by atoms with van der Waals surface area (Å²) >= 11 is 3.67. The molecular formula is C19H30BrN5. The molecule has 25 heavy (non-hydrogen) atoms. The Kier molecular flexibility index (Phi) is 6.59. The van der Waals surface area contributed by atoms with Gasteiger partial charge in [-0.3, -0.25) is 4.99 Å². The van der Waals surface area contributed by atoms with Crippen LogP contribution in [-0.4, -0.2) is 63.2 Å². The van der Waals surface area contributed by atoms with E-state index in [1.54, 1.807) is 0 Å². The van der Waals surface area contributed by atoms with Crippen molar-refractivity contribution in [2.24, 2.45) is 10.9 Å². The molecule has 2 unspecified atom stereocenters. The number of guanidine groups is 1. The summed E-state index contributed by atoms with van der Waals surface area (Å²) in [4.78, 5) is 9.69. The third-order valence-electron chi connectivity index (χ3n) is 5.06. The average Bonchev–Trinajstić information content (AvgIpc) is 3.22. The van der Waals surface area contributed by atoms with Crippen molar-refractivity contribution in [1.29, 1.82) is 0 Å². The number of halogens is 1. The standard InChI is InChI=1S/C19H30BrN5/c1-3-21-19(22-12-15-8-10-24(2)13-15)23-16-9-11-25(14-16)18-7-5-4-6-17(18)20/h4-7,15-16H,3,8-14H2,1-2H3,(H2,21,22,23). The number of nitrogens with one attached hydrogen (secondary N) is 2. The van der Waals surface area contributed by atoms with Crippen LogP contribution in [0.15, 0.2) is 33.7 Å². The van der Waals surface area contributed by atoms with Gasteiger partial charge in [0.05, 0.1) is 5.69 Å². The molecule has 2 saturated heterocycles. The molecule has 0 amide bonds. The maximum atomic E-state index is 4.85. The summed E-state index contributed by atoms with van der Waals surface area (Å²) in [6, 6.07) is 8.90. The molecule has 0 saturated carbocycles. The molecule has 2 fully saturated rings. The summed E-state index contributed by atoms with van der Waals surface area (Å²) in [5.41, 5.74) is 1.28. The van der Waals surface area contributed by atoms with Gasteiger partial charge >= 0.3 is 0 Å². The molecule has 138 valence electrons. The van der Waals surface area contributed by atoms with Crippen LogP contribution in [0.25, 0.3) is 0 Å². The molecule has 2 N–H and O–H groups in total. The van der Waals surface area contributed by atoms with E-state index in [0.717, 1.165) is 38.6 Å². The SMILES string of the molecule is CCNC(=NCC1CCN(C)C1)NC1CCN(c2ccccc2Br)C1. The van der Waals surface area contributed by atoms with E-state index >= 15 is 0 Å². The summed E-state index contributed by atoms with van der Waals surface area (Å²) in [7, 11) is 2.20. The molecule has 6 heteroatoms. The second kappa shape index (κ2) is 8.90. The van der Waals surface area contributed by atoms with Crippen molar-refractivity contribution in [1.82, 2.24) is 15.5 Å². The van der Waals surface area contributed by atoms with Gasteiger partial charge in [0, 0.05) is 43.2 Å². The Bertz CT molecular complexity index is 591. The molecule has 1 aromatic carbocycles. The number of hydrogen-bond donors (Lipinski definition) is 2. The van der Waals surface area contributed by atoms with Crippen LogP contribution in [-0.2, 0) is 0 Å². The Labute approximate surface area is 160 Å². The molecule has 2 heterocycles. The van der Waals surface area contributed by atoms with Crippen LogP contribution in [0.5, 0.6) is 0 Å². The van der Waals surface area contributed by atoms with E-state index in [-0.39, 0.29) is 0 Å². The van der Waals surface area contributed by atoms with E-state index in [4.69, 9.17) is 4.99 Å². The van der Waals surface area contributed by atoms with E-state index in [1.165, 1.54) is 29.7 Å². The number of likely N-dealkylation sites (tertiary alicyclic amines) is 1. The highest BCUT2D eigenvalue weighted by Crippen LogP contribution is 2.28. The van der Waals surface area contributed by atoms with Crippen LogP contribution in [0.4, 0.5) is 5.69 Å². The molecule has 3 rings (SSSR count). The van der Waals surface area contributed by atoms with E-state index in [0.29, 0.717) is 12.0 Å². The van der Waals surface area contributed by atoms with Gasteiger partial charge in [0.2, 0.25) is 0 Å². The summed E-state index contributed by atoms with van der Waals surface area (Å²) < 4.78 is 1.17. The van der Waals surface area contributed by atoms with Gasteiger partial charge in [-0.1, -0.05) is 12.1 Å². The molecule has 2 aliphatic rings. The second-order valence-electron chi connectivity index (χ2n) is 7.16. The fourth-order valence-corrected chi connectivity index (χ4v) is 4.25. The number of nitrogens with zero attached hydrogens (tertiary/aromatic N) is 3. The zero-order valence-electron chi connectivity index (χ0n) is 15.3.